The summed E-state index contributed by atoms with van der Waals surface area (Å²) in [6, 6.07) is 5.41. The molecule has 4 heterocycles. The number of carboxylic acid groups (broad SMARTS) is 1. The molecule has 0 aromatic carbocycles. The summed E-state index contributed by atoms with van der Waals surface area (Å²) in [5.74, 6) is -2.45. The van der Waals surface area contributed by atoms with Crippen molar-refractivity contribution in [2.75, 3.05) is 24.5 Å². The lowest BCUT2D eigenvalue weighted by molar-refractivity contribution is -0.192. The van der Waals surface area contributed by atoms with Crippen molar-refractivity contribution in [1.29, 1.82) is 0 Å². The Balaban J connectivity index is 0.000000298. The largest absolute Gasteiger partial charge is 0.490 e. The Kier molecular flexibility index (Phi) is 5.87. The molecule has 2 aliphatic heterocycles. The van der Waals surface area contributed by atoms with E-state index in [1.807, 2.05) is 21.7 Å². The number of aliphatic carboxylic acids is 1. The van der Waals surface area contributed by atoms with Crippen molar-refractivity contribution in [3.05, 3.63) is 46.9 Å². The molecule has 2 atom stereocenters. The summed E-state index contributed by atoms with van der Waals surface area (Å²) in [6.45, 7) is 1.88. The number of nitrogens with zero attached hydrogens (tertiary/aromatic N) is 3. The smallest absolute Gasteiger partial charge is 0.475 e. The first-order valence-electron chi connectivity index (χ1n) is 8.51. The second-order valence-corrected chi connectivity index (χ2v) is 7.33. The van der Waals surface area contributed by atoms with E-state index < -0.39 is 12.1 Å². The summed E-state index contributed by atoms with van der Waals surface area (Å²) in [5, 5.41) is 11.1. The summed E-state index contributed by atoms with van der Waals surface area (Å²) in [5.41, 5.74) is 1.62. The fourth-order valence-corrected chi connectivity index (χ4v) is 3.99. The molecule has 4 rings (SSSR count). The monoisotopic (exact) mass is 427 g/mol. The van der Waals surface area contributed by atoms with Crippen molar-refractivity contribution >= 4 is 34.8 Å². The Hall–Kier alpha value is -2.95. The van der Waals surface area contributed by atoms with Gasteiger partial charge < -0.3 is 14.9 Å². The molecule has 29 heavy (non-hydrogen) atoms. The lowest BCUT2D eigenvalue weighted by Crippen LogP contribution is -2.35. The lowest BCUT2D eigenvalue weighted by Gasteiger charge is -2.21. The van der Waals surface area contributed by atoms with Crippen LogP contribution in [-0.2, 0) is 9.59 Å². The van der Waals surface area contributed by atoms with Crippen LogP contribution in [0.4, 0.5) is 18.9 Å². The zero-order chi connectivity index (χ0) is 21.2. The molecule has 11 heteroatoms. The number of carbonyl (C=O) groups excluding carboxylic acids is 2. The maximum Gasteiger partial charge on any atom is 0.490 e. The number of thiophene rings is 1. The number of carboxylic acids is 1. The molecule has 2 amide bonds. The van der Waals surface area contributed by atoms with Crippen molar-refractivity contribution in [2.24, 2.45) is 11.8 Å². The van der Waals surface area contributed by atoms with Crippen LogP contribution in [0.15, 0.2) is 41.4 Å². The first kappa shape index (κ1) is 20.8. The van der Waals surface area contributed by atoms with Gasteiger partial charge in [-0.2, -0.15) is 24.5 Å². The van der Waals surface area contributed by atoms with Gasteiger partial charge in [-0.15, -0.1) is 0 Å². The molecule has 0 saturated carbocycles. The highest BCUT2D eigenvalue weighted by molar-refractivity contribution is 7.08. The highest BCUT2D eigenvalue weighted by atomic mass is 32.1. The number of hydrogen-bond acceptors (Lipinski definition) is 5. The topological polar surface area (TPSA) is 90.8 Å². The van der Waals surface area contributed by atoms with E-state index in [4.69, 9.17) is 9.90 Å². The molecule has 0 spiro atoms. The van der Waals surface area contributed by atoms with Gasteiger partial charge in [-0.1, -0.05) is 0 Å². The Morgan fingerprint density at radius 1 is 1.14 bits per heavy atom. The van der Waals surface area contributed by atoms with Crippen molar-refractivity contribution < 1.29 is 32.7 Å². The average molecular weight is 427 g/mol. The first-order chi connectivity index (χ1) is 13.7. The van der Waals surface area contributed by atoms with E-state index >= 15 is 0 Å². The number of fused-ring (bicyclic) bond motifs is 1. The molecule has 0 bridgehead atoms. The Bertz CT molecular complexity index is 890. The Morgan fingerprint density at radius 2 is 1.79 bits per heavy atom. The molecular formula is C18H16F3N3O4S. The fraction of sp³-hybridized carbons (Fsp3) is 0.333. The van der Waals surface area contributed by atoms with Crippen LogP contribution in [0.25, 0.3) is 0 Å². The molecule has 154 valence electrons. The van der Waals surface area contributed by atoms with Gasteiger partial charge >= 0.3 is 12.1 Å². The molecule has 1 N–H and O–H groups in total. The van der Waals surface area contributed by atoms with Gasteiger partial charge in [-0.3, -0.25) is 14.6 Å². The summed E-state index contributed by atoms with van der Waals surface area (Å²) in [6.07, 6.45) is -1.85. The third-order valence-corrected chi connectivity index (χ3v) is 5.39. The minimum atomic E-state index is -5.08. The van der Waals surface area contributed by atoms with Crippen LogP contribution in [0.3, 0.4) is 0 Å². The van der Waals surface area contributed by atoms with Gasteiger partial charge in [0.2, 0.25) is 5.91 Å². The SMILES string of the molecule is O=C(O)C(F)(F)F.O=C(c1ccncc1)N1C[C@H]2CN(c3ccsc3)C(=O)[C@H]2C1. The minimum absolute atomic E-state index is 0.00770. The highest BCUT2D eigenvalue weighted by Gasteiger charge is 2.47. The Morgan fingerprint density at radius 3 is 2.31 bits per heavy atom. The van der Waals surface area contributed by atoms with E-state index in [0.717, 1.165) is 5.69 Å². The number of hydrogen-bond donors (Lipinski definition) is 1. The van der Waals surface area contributed by atoms with Crippen molar-refractivity contribution in [3.63, 3.8) is 0 Å². The fourth-order valence-electron chi connectivity index (χ4n) is 3.35. The van der Waals surface area contributed by atoms with E-state index in [9.17, 15) is 22.8 Å². The van der Waals surface area contributed by atoms with Gasteiger partial charge in [-0.05, 0) is 23.6 Å². The van der Waals surface area contributed by atoms with Crippen LogP contribution in [0.1, 0.15) is 10.4 Å². The summed E-state index contributed by atoms with van der Waals surface area (Å²) in [7, 11) is 0. The summed E-state index contributed by atoms with van der Waals surface area (Å²) < 4.78 is 31.7. The third-order valence-electron chi connectivity index (χ3n) is 4.72. The van der Waals surface area contributed by atoms with Crippen LogP contribution in [-0.4, -0.2) is 58.6 Å². The van der Waals surface area contributed by atoms with E-state index in [0.29, 0.717) is 25.2 Å². The van der Waals surface area contributed by atoms with Crippen LogP contribution in [0.2, 0.25) is 0 Å². The van der Waals surface area contributed by atoms with Crippen LogP contribution in [0.5, 0.6) is 0 Å². The van der Waals surface area contributed by atoms with Gasteiger partial charge in [0.1, 0.15) is 0 Å². The van der Waals surface area contributed by atoms with Crippen LogP contribution < -0.4 is 4.90 Å². The molecule has 2 aromatic heterocycles. The zero-order valence-corrected chi connectivity index (χ0v) is 15.7. The van der Waals surface area contributed by atoms with Crippen molar-refractivity contribution in [1.82, 2.24) is 9.88 Å². The lowest BCUT2D eigenvalue weighted by atomic mass is 10.0. The van der Waals surface area contributed by atoms with Gasteiger partial charge in [0.05, 0.1) is 11.6 Å². The number of alkyl halides is 3. The molecule has 2 fully saturated rings. The number of halogens is 3. The molecule has 0 aliphatic carbocycles. The summed E-state index contributed by atoms with van der Waals surface area (Å²) in [4.78, 5) is 41.5. The zero-order valence-electron chi connectivity index (χ0n) is 14.9. The number of likely N-dealkylation sites (tertiary alicyclic amines) is 1. The maximum atomic E-state index is 12.6. The molecular weight excluding hydrogens is 411 g/mol. The molecule has 7 nitrogen and oxygen atoms in total. The predicted octanol–water partition coefficient (Wildman–Crippen LogP) is 2.51. The minimum Gasteiger partial charge on any atom is -0.475 e. The molecule has 0 radical (unpaired) electrons. The predicted molar refractivity (Wildman–Crippen MR) is 97.5 cm³/mol. The highest BCUT2D eigenvalue weighted by Crippen LogP contribution is 2.36. The number of amides is 2. The molecule has 0 unspecified atom stereocenters. The maximum absolute atomic E-state index is 12.6. The summed E-state index contributed by atoms with van der Waals surface area (Å²) >= 11 is 1.59. The molecule has 2 aromatic rings. The standard InChI is InChI=1S/C16H15N3O2S.C2HF3O2/c20-15(11-1-4-17-5-2-11)18-7-12-8-19(13-3-6-22-10-13)16(21)14(12)9-18;3-2(4,5)1(6)7/h1-6,10,12,14H,7-9H2;(H,6,7)/t12-,14-;/m0./s1. The second-order valence-electron chi connectivity index (χ2n) is 6.55. The van der Waals surface area contributed by atoms with Gasteiger partial charge in [0.15, 0.2) is 0 Å². The van der Waals surface area contributed by atoms with E-state index in [1.165, 1.54) is 0 Å². The number of aromatic nitrogens is 1. The van der Waals surface area contributed by atoms with E-state index in [-0.39, 0.29) is 23.7 Å². The number of carbonyl (C=O) groups is 3. The Labute approximate surface area is 167 Å². The third kappa shape index (κ3) is 4.56. The normalized spacial score (nSPS) is 20.9. The first-order valence-corrected chi connectivity index (χ1v) is 9.45. The molecule has 2 aliphatic rings. The van der Waals surface area contributed by atoms with E-state index in [1.54, 1.807) is 40.8 Å². The second kappa shape index (κ2) is 8.19. The molecule has 2 saturated heterocycles. The van der Waals surface area contributed by atoms with Crippen molar-refractivity contribution in [2.45, 2.75) is 6.18 Å². The van der Waals surface area contributed by atoms with E-state index in [2.05, 4.69) is 4.98 Å². The number of pyridine rings is 1. The average Bonchev–Trinajstić information content (AvgIpc) is 3.40. The number of rotatable bonds is 2. The van der Waals surface area contributed by atoms with Crippen molar-refractivity contribution in [3.8, 4) is 0 Å². The van der Waals surface area contributed by atoms with Gasteiger partial charge in [-0.25, -0.2) is 4.79 Å². The number of anilines is 1. The van der Waals surface area contributed by atoms with Crippen LogP contribution in [0, 0.1) is 11.8 Å². The quantitative estimate of drug-likeness (QED) is 0.796. The van der Waals surface area contributed by atoms with Gasteiger partial charge in [0.25, 0.3) is 5.91 Å². The van der Waals surface area contributed by atoms with Crippen LogP contribution >= 0.6 is 11.3 Å². The van der Waals surface area contributed by atoms with Gasteiger partial charge in [0, 0.05) is 48.9 Å².